The molecule has 4 atom stereocenters. The molecule has 1 aliphatic rings. The van der Waals surface area contributed by atoms with Crippen LogP contribution in [0.4, 0.5) is 0 Å². The molecule has 0 aliphatic carbocycles. The van der Waals surface area contributed by atoms with E-state index in [1.54, 1.807) is 0 Å². The van der Waals surface area contributed by atoms with Gasteiger partial charge in [0.1, 0.15) is 10.7 Å². The van der Waals surface area contributed by atoms with Gasteiger partial charge in [-0.3, -0.25) is 0 Å². The molecule has 1 rings (SSSR count). The molecule has 0 amide bonds. The lowest BCUT2D eigenvalue weighted by Crippen LogP contribution is -2.43. The number of rotatable bonds is 4. The minimum Gasteiger partial charge on any atom is -0.362 e. The third-order valence-electron chi connectivity index (χ3n) is 2.38. The minimum atomic E-state index is -0.0995. The van der Waals surface area contributed by atoms with E-state index in [9.17, 15) is 0 Å². The fourth-order valence-corrected chi connectivity index (χ4v) is 2.90. The Morgan fingerprint density at radius 1 is 1.53 bits per heavy atom. The number of halogens is 1. The number of hydrogen-bond acceptors (Lipinski definition) is 3. The van der Waals surface area contributed by atoms with Crippen molar-refractivity contribution in [3.05, 3.63) is 0 Å². The van der Waals surface area contributed by atoms with Crippen molar-refractivity contribution < 1.29 is 14.2 Å². The van der Waals surface area contributed by atoms with Crippen LogP contribution < -0.4 is 0 Å². The normalized spacial score (nSPS) is 36.1. The van der Waals surface area contributed by atoms with Gasteiger partial charge in [-0.1, -0.05) is 12.8 Å². The molecule has 15 heavy (non-hydrogen) atoms. The Morgan fingerprint density at radius 3 is 2.80 bits per heavy atom. The molecule has 0 aromatic heterocycles. The second-order valence-electron chi connectivity index (χ2n) is 3.56. The van der Waals surface area contributed by atoms with E-state index in [0.717, 1.165) is 6.42 Å². The minimum absolute atomic E-state index is 0.0104. The van der Waals surface area contributed by atoms with Crippen LogP contribution in [0.2, 0.25) is 0 Å². The molecular formula is C11H17IO3. The molecule has 0 saturated carbocycles. The molecule has 86 valence electrons. The predicted octanol–water partition coefficient (Wildman–Crippen LogP) is 2.18. The summed E-state index contributed by atoms with van der Waals surface area (Å²) in [7, 11) is 0. The fourth-order valence-electron chi connectivity index (χ4n) is 1.65. The summed E-state index contributed by atoms with van der Waals surface area (Å²) in [6.07, 6.45) is 6.00. The highest BCUT2D eigenvalue weighted by Gasteiger charge is 2.35. The Hall–Kier alpha value is 0.170. The summed E-state index contributed by atoms with van der Waals surface area (Å²) in [6.45, 7) is 5.13. The molecule has 0 radical (unpaired) electrons. The van der Waals surface area contributed by atoms with E-state index in [1.807, 2.05) is 6.92 Å². The lowest BCUT2D eigenvalue weighted by molar-refractivity contribution is -0.212. The lowest BCUT2D eigenvalue weighted by atomic mass is 9.98. The van der Waals surface area contributed by atoms with Crippen LogP contribution in [-0.2, 0) is 14.2 Å². The average molecular weight is 324 g/mol. The van der Waals surface area contributed by atoms with Gasteiger partial charge >= 0.3 is 0 Å². The van der Waals surface area contributed by atoms with Crippen molar-refractivity contribution >= 4 is 22.6 Å². The summed E-state index contributed by atoms with van der Waals surface area (Å²) in [5.41, 5.74) is 0. The molecule has 4 unspecified atom stereocenters. The Balaban J connectivity index is 2.45. The molecule has 1 saturated heterocycles. The zero-order valence-electron chi connectivity index (χ0n) is 9.11. The first kappa shape index (κ1) is 13.2. The first-order valence-corrected chi connectivity index (χ1v) is 6.39. The van der Waals surface area contributed by atoms with Gasteiger partial charge in [0.2, 0.25) is 0 Å². The van der Waals surface area contributed by atoms with Crippen LogP contribution in [0.5, 0.6) is 0 Å². The second kappa shape index (κ2) is 6.69. The molecule has 0 aromatic carbocycles. The van der Waals surface area contributed by atoms with Gasteiger partial charge in [0.15, 0.2) is 6.29 Å². The van der Waals surface area contributed by atoms with E-state index in [-0.39, 0.29) is 16.5 Å². The van der Waals surface area contributed by atoms with E-state index in [0.29, 0.717) is 19.1 Å². The van der Waals surface area contributed by atoms with Gasteiger partial charge in [0.25, 0.3) is 0 Å². The first-order chi connectivity index (χ1) is 7.19. The Bertz CT molecular complexity index is 214. The molecule has 1 fully saturated rings. The molecule has 1 heterocycles. The van der Waals surface area contributed by atoms with Crippen molar-refractivity contribution in [1.29, 1.82) is 0 Å². The summed E-state index contributed by atoms with van der Waals surface area (Å²) < 4.78 is 16.7. The monoisotopic (exact) mass is 324 g/mol. The summed E-state index contributed by atoms with van der Waals surface area (Å²) in [5, 5.41) is 0. The molecule has 0 N–H and O–H groups in total. The maximum atomic E-state index is 5.68. The Labute approximate surface area is 105 Å². The van der Waals surface area contributed by atoms with Crippen molar-refractivity contribution in [2.75, 3.05) is 13.2 Å². The van der Waals surface area contributed by atoms with Gasteiger partial charge < -0.3 is 14.2 Å². The maximum absolute atomic E-state index is 5.68. The van der Waals surface area contributed by atoms with Crippen LogP contribution in [0.1, 0.15) is 20.3 Å². The summed E-state index contributed by atoms with van der Waals surface area (Å²) in [5.74, 6) is 2.89. The van der Waals surface area contributed by atoms with E-state index in [4.69, 9.17) is 20.6 Å². The third kappa shape index (κ3) is 3.91. The highest BCUT2D eigenvalue weighted by Crippen LogP contribution is 2.31. The number of ether oxygens (including phenoxy) is 3. The largest absolute Gasteiger partial charge is 0.362 e. The van der Waals surface area contributed by atoms with Crippen LogP contribution in [0.3, 0.4) is 0 Å². The molecule has 4 heteroatoms. The first-order valence-electron chi connectivity index (χ1n) is 5.15. The number of hydrogen-bond donors (Lipinski definition) is 0. The topological polar surface area (TPSA) is 27.7 Å². The van der Waals surface area contributed by atoms with Crippen LogP contribution in [0, 0.1) is 18.3 Å². The molecular weight excluding hydrogens is 307 g/mol. The van der Waals surface area contributed by atoms with Gasteiger partial charge in [-0.25, -0.2) is 0 Å². The molecule has 0 aromatic rings. The number of alkyl halides is 1. The van der Waals surface area contributed by atoms with E-state index in [1.165, 1.54) is 0 Å². The molecule has 3 nitrogen and oxygen atoms in total. The highest BCUT2D eigenvalue weighted by molar-refractivity contribution is 14.1. The Kier molecular flexibility index (Phi) is 5.90. The smallest absolute Gasteiger partial charge is 0.159 e. The zero-order chi connectivity index (χ0) is 11.3. The van der Waals surface area contributed by atoms with Crippen LogP contribution >= 0.6 is 22.6 Å². The summed E-state index contributed by atoms with van der Waals surface area (Å²) >= 11 is 2.23. The summed E-state index contributed by atoms with van der Waals surface area (Å²) in [4.78, 5) is 0. The van der Waals surface area contributed by atoms with Crippen molar-refractivity contribution in [3.8, 4) is 12.3 Å². The SMILES string of the molecule is C#CCOC1C(C)CC(OCC)OC1I. The van der Waals surface area contributed by atoms with Crippen LogP contribution in [0.15, 0.2) is 0 Å². The fraction of sp³-hybridized carbons (Fsp3) is 0.818. The van der Waals surface area contributed by atoms with Gasteiger partial charge in [-0.2, -0.15) is 0 Å². The number of terminal acetylenes is 1. The second-order valence-corrected chi connectivity index (χ2v) is 4.79. The van der Waals surface area contributed by atoms with Crippen molar-refractivity contribution in [1.82, 2.24) is 0 Å². The highest BCUT2D eigenvalue weighted by atomic mass is 127. The molecule has 1 aliphatic heterocycles. The van der Waals surface area contributed by atoms with Gasteiger partial charge in [0.05, 0.1) is 6.10 Å². The summed E-state index contributed by atoms with van der Waals surface area (Å²) in [6, 6.07) is 0. The van der Waals surface area contributed by atoms with Gasteiger partial charge in [-0.05, 0) is 35.4 Å². The van der Waals surface area contributed by atoms with Crippen LogP contribution in [0.25, 0.3) is 0 Å². The van der Waals surface area contributed by atoms with Crippen molar-refractivity contribution in [3.63, 3.8) is 0 Å². The van der Waals surface area contributed by atoms with E-state index < -0.39 is 0 Å². The van der Waals surface area contributed by atoms with E-state index in [2.05, 4.69) is 35.4 Å². The Morgan fingerprint density at radius 2 is 2.27 bits per heavy atom. The van der Waals surface area contributed by atoms with Crippen molar-refractivity contribution in [2.24, 2.45) is 5.92 Å². The zero-order valence-corrected chi connectivity index (χ0v) is 11.3. The van der Waals surface area contributed by atoms with Crippen LogP contribution in [-0.4, -0.2) is 29.7 Å². The maximum Gasteiger partial charge on any atom is 0.159 e. The van der Waals surface area contributed by atoms with Gasteiger partial charge in [0, 0.05) is 13.0 Å². The average Bonchev–Trinajstić information content (AvgIpc) is 2.17. The third-order valence-corrected chi connectivity index (χ3v) is 3.38. The standard InChI is InChI=1S/C11H17IO3/c1-4-6-14-10-8(3)7-9(13-5-2)15-11(10)12/h1,8-11H,5-7H2,2-3H3. The molecule has 0 spiro atoms. The van der Waals surface area contributed by atoms with Crippen molar-refractivity contribution in [2.45, 2.75) is 36.8 Å². The van der Waals surface area contributed by atoms with E-state index >= 15 is 0 Å². The lowest BCUT2D eigenvalue weighted by Gasteiger charge is -2.37. The molecule has 0 bridgehead atoms. The predicted molar refractivity (Wildman–Crippen MR) is 66.7 cm³/mol. The quantitative estimate of drug-likeness (QED) is 0.451. The van der Waals surface area contributed by atoms with Gasteiger partial charge in [-0.15, -0.1) is 6.42 Å².